The quantitative estimate of drug-likeness (QED) is 0.598. The standard InChI is InChI=1S/C8H14O2/c1-6(5-9)4-7(2)8(3)10/h7,9H,1,4-5H2,2-3H3. The van der Waals surface area contributed by atoms with Gasteiger partial charge in [-0.05, 0) is 13.3 Å². The molecule has 0 rings (SSSR count). The molecule has 2 nitrogen and oxygen atoms in total. The van der Waals surface area contributed by atoms with E-state index in [-0.39, 0.29) is 18.3 Å². The Bertz CT molecular complexity index is 138. The molecule has 0 aliphatic heterocycles. The number of carbonyl (C=O) groups excluding carboxylic acids is 1. The van der Waals surface area contributed by atoms with Crippen molar-refractivity contribution in [3.05, 3.63) is 12.2 Å². The molecule has 1 atom stereocenters. The van der Waals surface area contributed by atoms with Gasteiger partial charge in [0.05, 0.1) is 6.61 Å². The van der Waals surface area contributed by atoms with Crippen molar-refractivity contribution in [2.75, 3.05) is 6.61 Å². The average molecular weight is 142 g/mol. The summed E-state index contributed by atoms with van der Waals surface area (Å²) in [5.41, 5.74) is 0.725. The van der Waals surface area contributed by atoms with E-state index < -0.39 is 0 Å². The lowest BCUT2D eigenvalue weighted by Gasteiger charge is -2.06. The molecule has 0 amide bonds. The van der Waals surface area contributed by atoms with Crippen molar-refractivity contribution in [1.82, 2.24) is 0 Å². The molecule has 0 spiro atoms. The summed E-state index contributed by atoms with van der Waals surface area (Å²) >= 11 is 0. The Morgan fingerprint density at radius 2 is 2.20 bits per heavy atom. The van der Waals surface area contributed by atoms with E-state index in [1.54, 1.807) is 6.92 Å². The van der Waals surface area contributed by atoms with Crippen molar-refractivity contribution in [2.45, 2.75) is 20.3 Å². The molecule has 0 bridgehead atoms. The molecule has 0 saturated carbocycles. The summed E-state index contributed by atoms with van der Waals surface area (Å²) in [4.78, 5) is 10.7. The third-order valence-corrected chi connectivity index (χ3v) is 1.51. The zero-order valence-electron chi connectivity index (χ0n) is 6.55. The first-order chi connectivity index (χ1) is 4.57. The maximum Gasteiger partial charge on any atom is 0.132 e. The molecule has 0 aromatic rings. The maximum atomic E-state index is 10.7. The van der Waals surface area contributed by atoms with E-state index in [0.29, 0.717) is 6.42 Å². The molecule has 58 valence electrons. The second-order valence-corrected chi connectivity index (χ2v) is 2.62. The molecule has 1 unspecified atom stereocenters. The van der Waals surface area contributed by atoms with Gasteiger partial charge in [-0.15, -0.1) is 0 Å². The van der Waals surface area contributed by atoms with Gasteiger partial charge in [0.1, 0.15) is 5.78 Å². The van der Waals surface area contributed by atoms with E-state index in [9.17, 15) is 4.79 Å². The minimum atomic E-state index is -0.0162. The van der Waals surface area contributed by atoms with Crippen molar-refractivity contribution in [3.8, 4) is 0 Å². The summed E-state index contributed by atoms with van der Waals surface area (Å²) in [7, 11) is 0. The number of hydrogen-bond acceptors (Lipinski definition) is 2. The topological polar surface area (TPSA) is 37.3 Å². The fourth-order valence-electron chi connectivity index (χ4n) is 0.641. The summed E-state index contributed by atoms with van der Waals surface area (Å²) < 4.78 is 0. The van der Waals surface area contributed by atoms with Gasteiger partial charge in [0, 0.05) is 5.92 Å². The van der Waals surface area contributed by atoms with Gasteiger partial charge in [-0.3, -0.25) is 4.79 Å². The van der Waals surface area contributed by atoms with Crippen molar-refractivity contribution in [1.29, 1.82) is 0 Å². The summed E-state index contributed by atoms with van der Waals surface area (Å²) in [6.07, 6.45) is 0.603. The Morgan fingerprint density at radius 1 is 1.70 bits per heavy atom. The molecule has 10 heavy (non-hydrogen) atoms. The van der Waals surface area contributed by atoms with Crippen LogP contribution in [0.15, 0.2) is 12.2 Å². The molecule has 0 aromatic heterocycles. The number of rotatable bonds is 4. The normalized spacial score (nSPS) is 12.7. The highest BCUT2D eigenvalue weighted by molar-refractivity contribution is 5.78. The minimum absolute atomic E-state index is 0.000324. The fraction of sp³-hybridized carbons (Fsp3) is 0.625. The van der Waals surface area contributed by atoms with Crippen LogP contribution in [0.1, 0.15) is 20.3 Å². The second kappa shape index (κ2) is 4.23. The number of hydrogen-bond donors (Lipinski definition) is 1. The first kappa shape index (κ1) is 9.37. The van der Waals surface area contributed by atoms with Gasteiger partial charge in [-0.2, -0.15) is 0 Å². The molecule has 1 N–H and O–H groups in total. The van der Waals surface area contributed by atoms with Gasteiger partial charge >= 0.3 is 0 Å². The smallest absolute Gasteiger partial charge is 0.132 e. The number of carbonyl (C=O) groups is 1. The first-order valence-corrected chi connectivity index (χ1v) is 3.36. The predicted octanol–water partition coefficient (Wildman–Crippen LogP) is 1.15. The molecule has 0 fully saturated rings. The van der Waals surface area contributed by atoms with Crippen molar-refractivity contribution < 1.29 is 9.90 Å². The molecule has 0 aliphatic carbocycles. The summed E-state index contributed by atoms with van der Waals surface area (Å²) in [6, 6.07) is 0. The third kappa shape index (κ3) is 3.41. The van der Waals surface area contributed by atoms with Gasteiger partial charge in [0.15, 0.2) is 0 Å². The Balaban J connectivity index is 3.68. The molecule has 0 heterocycles. The average Bonchev–Trinajstić information content (AvgIpc) is 1.87. The first-order valence-electron chi connectivity index (χ1n) is 3.36. The Labute approximate surface area is 61.6 Å². The van der Waals surface area contributed by atoms with Crippen LogP contribution in [-0.4, -0.2) is 17.5 Å². The van der Waals surface area contributed by atoms with E-state index in [4.69, 9.17) is 5.11 Å². The summed E-state index contributed by atoms with van der Waals surface area (Å²) in [5.74, 6) is 0.147. The van der Waals surface area contributed by atoms with E-state index in [2.05, 4.69) is 6.58 Å². The van der Waals surface area contributed by atoms with Crippen LogP contribution < -0.4 is 0 Å². The monoisotopic (exact) mass is 142 g/mol. The van der Waals surface area contributed by atoms with Crippen LogP contribution in [-0.2, 0) is 4.79 Å². The Morgan fingerprint density at radius 3 is 2.50 bits per heavy atom. The third-order valence-electron chi connectivity index (χ3n) is 1.51. The zero-order chi connectivity index (χ0) is 8.15. The molecular formula is C8H14O2. The van der Waals surface area contributed by atoms with Crippen LogP contribution in [0.5, 0.6) is 0 Å². The maximum absolute atomic E-state index is 10.7. The predicted molar refractivity (Wildman–Crippen MR) is 40.7 cm³/mol. The van der Waals surface area contributed by atoms with Crippen LogP contribution >= 0.6 is 0 Å². The molecule has 0 aliphatic rings. The molecular weight excluding hydrogens is 128 g/mol. The molecule has 0 aromatic carbocycles. The largest absolute Gasteiger partial charge is 0.392 e. The van der Waals surface area contributed by atoms with Gasteiger partial charge in [-0.1, -0.05) is 19.1 Å². The Kier molecular flexibility index (Phi) is 3.96. The fourth-order valence-corrected chi connectivity index (χ4v) is 0.641. The van der Waals surface area contributed by atoms with Gasteiger partial charge in [-0.25, -0.2) is 0 Å². The van der Waals surface area contributed by atoms with Gasteiger partial charge in [0.2, 0.25) is 0 Å². The van der Waals surface area contributed by atoms with Gasteiger partial charge in [0.25, 0.3) is 0 Å². The highest BCUT2D eigenvalue weighted by Gasteiger charge is 2.07. The van der Waals surface area contributed by atoms with E-state index in [1.165, 1.54) is 0 Å². The van der Waals surface area contributed by atoms with E-state index in [1.807, 2.05) is 6.92 Å². The molecule has 0 radical (unpaired) electrons. The molecule has 0 saturated heterocycles. The minimum Gasteiger partial charge on any atom is -0.392 e. The van der Waals surface area contributed by atoms with Crippen molar-refractivity contribution >= 4 is 5.78 Å². The van der Waals surface area contributed by atoms with Crippen molar-refractivity contribution in [3.63, 3.8) is 0 Å². The van der Waals surface area contributed by atoms with Crippen LogP contribution in [0.25, 0.3) is 0 Å². The number of aliphatic hydroxyl groups is 1. The van der Waals surface area contributed by atoms with Crippen molar-refractivity contribution in [2.24, 2.45) is 5.92 Å². The zero-order valence-corrected chi connectivity index (χ0v) is 6.55. The van der Waals surface area contributed by atoms with Crippen LogP contribution in [0.4, 0.5) is 0 Å². The molecule has 2 heteroatoms. The number of ketones is 1. The van der Waals surface area contributed by atoms with Crippen LogP contribution in [0, 0.1) is 5.92 Å². The summed E-state index contributed by atoms with van der Waals surface area (Å²) in [6.45, 7) is 6.96. The Hall–Kier alpha value is -0.630. The lowest BCUT2D eigenvalue weighted by Crippen LogP contribution is -2.07. The SMILES string of the molecule is C=C(CO)CC(C)C(C)=O. The lowest BCUT2D eigenvalue weighted by atomic mass is 9.99. The summed E-state index contributed by atoms with van der Waals surface area (Å²) in [5, 5.41) is 8.55. The van der Waals surface area contributed by atoms with Gasteiger partial charge < -0.3 is 5.11 Å². The van der Waals surface area contributed by atoms with E-state index >= 15 is 0 Å². The van der Waals surface area contributed by atoms with Crippen LogP contribution in [0.3, 0.4) is 0 Å². The highest BCUT2D eigenvalue weighted by atomic mass is 16.3. The highest BCUT2D eigenvalue weighted by Crippen LogP contribution is 2.09. The number of aliphatic hydroxyl groups excluding tert-OH is 1. The lowest BCUT2D eigenvalue weighted by molar-refractivity contribution is -0.120. The number of Topliss-reactive ketones (excluding diaryl/α,β-unsaturated/α-hetero) is 1. The second-order valence-electron chi connectivity index (χ2n) is 2.62. The van der Waals surface area contributed by atoms with E-state index in [0.717, 1.165) is 5.57 Å². The van der Waals surface area contributed by atoms with Crippen LogP contribution in [0.2, 0.25) is 0 Å².